The molecule has 1 aliphatic rings. The minimum Gasteiger partial charge on any atom is -0.479 e. The largest absolute Gasteiger partial charge is 0.479 e. The highest BCUT2D eigenvalue weighted by atomic mass is 31.2. The molecule has 5 N–H and O–H groups in total. The highest BCUT2D eigenvalue weighted by molar-refractivity contribution is 7.51. The second-order valence-electron chi connectivity index (χ2n) is 11.6. The van der Waals surface area contributed by atoms with E-state index in [0.29, 0.717) is 5.56 Å². The van der Waals surface area contributed by atoms with Crippen LogP contribution in [0.15, 0.2) is 36.7 Å². The highest BCUT2D eigenvalue weighted by Gasteiger charge is 2.54. The average molecular weight is 681 g/mol. The number of carbonyl (C=O) groups is 2. The minimum atomic E-state index is -4.56. The number of carbonyl (C=O) groups excluding carboxylic acids is 2. The monoisotopic (exact) mass is 680 g/mol. The van der Waals surface area contributed by atoms with Gasteiger partial charge in [0.15, 0.2) is 24.0 Å². The number of ether oxygens (including phenoxy) is 4. The Bertz CT molecular complexity index is 1590. The Kier molecular flexibility index (Phi) is 11.6. The van der Waals surface area contributed by atoms with E-state index < -0.39 is 75.2 Å². The number of nitrogens with two attached hydrogens (primary N) is 1. The van der Waals surface area contributed by atoms with Crippen LogP contribution in [0.3, 0.4) is 0 Å². The van der Waals surface area contributed by atoms with E-state index >= 15 is 0 Å². The van der Waals surface area contributed by atoms with Crippen molar-refractivity contribution in [1.29, 1.82) is 0 Å². The SMILES string of the molecule is COc1nc(N)nc2c1ncn2[C@@H]1O[C@H](COP(=O)(N[C@@H](Cc2ccccc2)C(=O)OC(C)C)OCC(=O)OC(C)C)[C@@H](O)[C@@]1(C)O. The number of nitrogen functional groups attached to an aromatic ring is 1. The number of fused-ring (bicyclic) bond motifs is 1. The van der Waals surface area contributed by atoms with Crippen molar-refractivity contribution in [3.05, 3.63) is 42.2 Å². The summed E-state index contributed by atoms with van der Waals surface area (Å²) in [7, 11) is -3.18. The number of nitrogens with one attached hydrogen (secondary N) is 1. The Morgan fingerprint density at radius 2 is 1.81 bits per heavy atom. The van der Waals surface area contributed by atoms with Gasteiger partial charge in [0.05, 0.1) is 32.3 Å². The van der Waals surface area contributed by atoms with Crippen LogP contribution >= 0.6 is 7.75 Å². The third-order valence-electron chi connectivity index (χ3n) is 6.97. The molecule has 6 atom stereocenters. The number of rotatable bonds is 15. The predicted octanol–water partition coefficient (Wildman–Crippen LogP) is 1.67. The lowest BCUT2D eigenvalue weighted by molar-refractivity contribution is -0.150. The van der Waals surface area contributed by atoms with Crippen molar-refractivity contribution in [3.8, 4) is 5.88 Å². The molecule has 1 saturated heterocycles. The third-order valence-corrected chi connectivity index (χ3v) is 8.55. The van der Waals surface area contributed by atoms with Crippen LogP contribution in [-0.2, 0) is 43.8 Å². The fraction of sp³-hybridized carbons (Fsp3) is 0.552. The number of hydrogen-bond acceptors (Lipinski definition) is 15. The lowest BCUT2D eigenvalue weighted by Crippen LogP contribution is -2.44. The van der Waals surface area contributed by atoms with Crippen molar-refractivity contribution in [2.75, 3.05) is 26.1 Å². The minimum absolute atomic E-state index is 0.0288. The van der Waals surface area contributed by atoms with E-state index in [4.69, 9.17) is 33.7 Å². The number of nitrogens with zero attached hydrogens (tertiary/aromatic N) is 4. The Morgan fingerprint density at radius 3 is 2.45 bits per heavy atom. The van der Waals surface area contributed by atoms with Gasteiger partial charge in [0, 0.05) is 0 Å². The molecule has 47 heavy (non-hydrogen) atoms. The third kappa shape index (κ3) is 8.81. The van der Waals surface area contributed by atoms with Gasteiger partial charge < -0.3 is 34.9 Å². The molecule has 1 fully saturated rings. The zero-order valence-corrected chi connectivity index (χ0v) is 27.8. The second-order valence-corrected chi connectivity index (χ2v) is 13.3. The normalized spacial score (nSPS) is 23.1. The number of methoxy groups -OCH3 is 1. The summed E-state index contributed by atoms with van der Waals surface area (Å²) < 4.78 is 48.3. The first kappa shape index (κ1) is 36.1. The van der Waals surface area contributed by atoms with Gasteiger partial charge in [-0.2, -0.15) is 9.97 Å². The number of anilines is 1. The Balaban J connectivity index is 1.59. The van der Waals surface area contributed by atoms with Crippen molar-refractivity contribution < 1.29 is 52.4 Å². The topological polar surface area (TPSA) is 229 Å². The molecule has 0 spiro atoms. The van der Waals surface area contributed by atoms with Crippen molar-refractivity contribution in [2.24, 2.45) is 0 Å². The summed E-state index contributed by atoms with van der Waals surface area (Å²) in [4.78, 5) is 37.8. The molecule has 0 amide bonds. The Morgan fingerprint density at radius 1 is 1.13 bits per heavy atom. The zero-order chi connectivity index (χ0) is 34.5. The van der Waals surface area contributed by atoms with Crippen LogP contribution in [-0.4, -0.2) is 98.1 Å². The highest BCUT2D eigenvalue weighted by Crippen LogP contribution is 2.47. The fourth-order valence-electron chi connectivity index (χ4n) is 4.85. The molecule has 3 heterocycles. The maximum Gasteiger partial charge on any atom is 0.406 e. The summed E-state index contributed by atoms with van der Waals surface area (Å²) in [6.07, 6.45) is -3.82. The summed E-state index contributed by atoms with van der Waals surface area (Å²) in [5, 5.41) is 25.1. The number of hydrogen-bond donors (Lipinski definition) is 4. The van der Waals surface area contributed by atoms with Crippen LogP contribution in [0, 0.1) is 0 Å². The van der Waals surface area contributed by atoms with Gasteiger partial charge in [-0.3, -0.25) is 18.4 Å². The van der Waals surface area contributed by atoms with Crippen LogP contribution in [0.2, 0.25) is 0 Å². The van der Waals surface area contributed by atoms with Gasteiger partial charge in [-0.1, -0.05) is 30.3 Å². The summed E-state index contributed by atoms with van der Waals surface area (Å²) >= 11 is 0. The smallest absolute Gasteiger partial charge is 0.406 e. The molecule has 2 aromatic heterocycles. The lowest BCUT2D eigenvalue weighted by Gasteiger charge is -2.27. The van der Waals surface area contributed by atoms with E-state index in [0.717, 1.165) is 0 Å². The molecule has 4 rings (SSSR count). The summed E-state index contributed by atoms with van der Waals surface area (Å²) in [6, 6.07) is 7.64. The van der Waals surface area contributed by atoms with Crippen molar-refractivity contribution >= 4 is 36.8 Å². The van der Waals surface area contributed by atoms with Gasteiger partial charge in [-0.05, 0) is 46.6 Å². The molecular weight excluding hydrogens is 639 g/mol. The first-order valence-corrected chi connectivity index (χ1v) is 16.4. The molecule has 0 saturated carbocycles. The zero-order valence-electron chi connectivity index (χ0n) is 26.9. The van der Waals surface area contributed by atoms with Crippen molar-refractivity contribution in [3.63, 3.8) is 0 Å². The van der Waals surface area contributed by atoms with Crippen molar-refractivity contribution in [2.45, 2.75) is 83.3 Å². The van der Waals surface area contributed by atoms with Crippen LogP contribution < -0.4 is 15.6 Å². The maximum absolute atomic E-state index is 14.2. The van der Waals surface area contributed by atoms with Gasteiger partial charge in [0.2, 0.25) is 11.8 Å². The lowest BCUT2D eigenvalue weighted by atomic mass is 9.96. The van der Waals surface area contributed by atoms with E-state index in [1.165, 1.54) is 24.9 Å². The standard InChI is InChI=1S/C29H41N6O11P/c1-16(2)44-21(36)14-43-47(40,34-19(26(38)45-17(3)4)12-18-10-8-7-9-11-18)42-13-20-23(37)29(5,39)27(46-20)35-15-31-22-24(35)32-28(30)33-25(22)41-6/h7-11,15-17,19-20,23,27,37,39H,12-14H2,1-6H3,(H,34,40)(H2,30,32,33)/t19-,20+,23+,27+,29+,47?/m0/s1. The Labute approximate surface area is 271 Å². The molecule has 18 heteroatoms. The first-order valence-electron chi connectivity index (χ1n) is 14.8. The first-order chi connectivity index (χ1) is 22.1. The molecule has 0 radical (unpaired) electrons. The molecule has 258 valence electrons. The number of esters is 2. The summed E-state index contributed by atoms with van der Waals surface area (Å²) in [6.45, 7) is 6.49. The van der Waals surface area contributed by atoms with Crippen LogP contribution in [0.4, 0.5) is 5.95 Å². The van der Waals surface area contributed by atoms with Crippen LogP contribution in [0.25, 0.3) is 11.2 Å². The second kappa shape index (κ2) is 15.0. The fourth-order valence-corrected chi connectivity index (χ4v) is 6.27. The molecular formula is C29H41N6O11P. The van der Waals surface area contributed by atoms with Crippen LogP contribution in [0.1, 0.15) is 46.4 Å². The van der Waals surface area contributed by atoms with E-state index in [1.54, 1.807) is 58.0 Å². The summed E-state index contributed by atoms with van der Waals surface area (Å²) in [5.41, 5.74) is 4.96. The van der Waals surface area contributed by atoms with Crippen molar-refractivity contribution in [1.82, 2.24) is 24.6 Å². The number of benzene rings is 1. The number of aromatic nitrogens is 4. The van der Waals surface area contributed by atoms with Gasteiger partial charge in [-0.25, -0.2) is 19.4 Å². The number of imidazole rings is 1. The van der Waals surface area contributed by atoms with E-state index in [2.05, 4.69) is 20.0 Å². The molecule has 3 aromatic rings. The molecule has 1 aromatic carbocycles. The molecule has 0 bridgehead atoms. The maximum atomic E-state index is 14.2. The number of aliphatic hydroxyl groups is 2. The molecule has 0 aliphatic carbocycles. The summed E-state index contributed by atoms with van der Waals surface area (Å²) in [5.74, 6) is -1.62. The van der Waals surface area contributed by atoms with Crippen LogP contribution in [0.5, 0.6) is 5.88 Å². The van der Waals surface area contributed by atoms with E-state index in [1.807, 2.05) is 0 Å². The molecule has 17 nitrogen and oxygen atoms in total. The van der Waals surface area contributed by atoms with E-state index in [-0.39, 0.29) is 29.4 Å². The van der Waals surface area contributed by atoms with Gasteiger partial charge in [-0.15, -0.1) is 0 Å². The Hall–Kier alpha value is -3.70. The van der Waals surface area contributed by atoms with Gasteiger partial charge in [0.25, 0.3) is 0 Å². The average Bonchev–Trinajstić information content (AvgIpc) is 3.51. The molecule has 1 unspecified atom stereocenters. The predicted molar refractivity (Wildman–Crippen MR) is 166 cm³/mol. The number of aliphatic hydroxyl groups excluding tert-OH is 1. The van der Waals surface area contributed by atoms with E-state index in [9.17, 15) is 24.4 Å². The van der Waals surface area contributed by atoms with Gasteiger partial charge >= 0.3 is 19.7 Å². The molecule has 1 aliphatic heterocycles. The quantitative estimate of drug-likeness (QED) is 0.132. The van der Waals surface area contributed by atoms with Gasteiger partial charge in [0.1, 0.15) is 23.9 Å².